The predicted octanol–water partition coefficient (Wildman–Crippen LogP) is 5.52. The van der Waals surface area contributed by atoms with Gasteiger partial charge < -0.3 is 0 Å². The quantitative estimate of drug-likeness (QED) is 0.579. The Morgan fingerprint density at radius 2 is 1.59 bits per heavy atom. The van der Waals surface area contributed by atoms with Gasteiger partial charge in [0.25, 0.3) is 0 Å². The SMILES string of the molecule is CC.CC.CC.Cc1cc2c(cn1)C(C)CC2. The molecule has 1 aliphatic carbocycles. The van der Waals surface area contributed by atoms with E-state index in [0.717, 1.165) is 11.6 Å². The van der Waals surface area contributed by atoms with Gasteiger partial charge in [-0.3, -0.25) is 4.98 Å². The highest BCUT2D eigenvalue weighted by molar-refractivity contribution is 5.33. The van der Waals surface area contributed by atoms with Crippen molar-refractivity contribution in [2.75, 3.05) is 0 Å². The zero-order valence-corrected chi connectivity index (χ0v) is 13.1. The Morgan fingerprint density at radius 3 is 2.12 bits per heavy atom. The van der Waals surface area contributed by atoms with Crippen LogP contribution in [0.15, 0.2) is 12.3 Å². The molecule has 1 atom stereocenters. The summed E-state index contributed by atoms with van der Waals surface area (Å²) in [6.45, 7) is 16.3. The fourth-order valence-electron chi connectivity index (χ4n) is 1.81. The standard InChI is InChI=1S/C10H13N.3C2H6/c1-7-3-4-9-5-8(2)11-6-10(7)9;3*1-2/h5-7H,3-4H2,1-2H3;3*1-2H3. The van der Waals surface area contributed by atoms with E-state index in [9.17, 15) is 0 Å². The second-order valence-corrected chi connectivity index (χ2v) is 3.46. The van der Waals surface area contributed by atoms with Gasteiger partial charge in [-0.1, -0.05) is 48.5 Å². The van der Waals surface area contributed by atoms with Gasteiger partial charge in [0.2, 0.25) is 0 Å². The van der Waals surface area contributed by atoms with Gasteiger partial charge in [0.1, 0.15) is 0 Å². The molecule has 0 saturated carbocycles. The molecular formula is C16H31N. The first-order valence-corrected chi connectivity index (χ1v) is 7.23. The van der Waals surface area contributed by atoms with Crippen molar-refractivity contribution in [3.63, 3.8) is 0 Å². The molecule has 0 saturated heterocycles. The zero-order valence-electron chi connectivity index (χ0n) is 13.1. The van der Waals surface area contributed by atoms with Gasteiger partial charge >= 0.3 is 0 Å². The Kier molecular flexibility index (Phi) is 12.7. The molecule has 1 heterocycles. The first-order valence-electron chi connectivity index (χ1n) is 7.23. The Labute approximate surface area is 109 Å². The van der Waals surface area contributed by atoms with Crippen LogP contribution in [0, 0.1) is 6.92 Å². The van der Waals surface area contributed by atoms with Crippen molar-refractivity contribution in [2.45, 2.75) is 74.1 Å². The summed E-state index contributed by atoms with van der Waals surface area (Å²) in [6, 6.07) is 2.22. The van der Waals surface area contributed by atoms with Crippen LogP contribution in [0.5, 0.6) is 0 Å². The summed E-state index contributed by atoms with van der Waals surface area (Å²) in [7, 11) is 0. The number of aromatic nitrogens is 1. The van der Waals surface area contributed by atoms with Crippen molar-refractivity contribution in [2.24, 2.45) is 0 Å². The van der Waals surface area contributed by atoms with E-state index in [1.165, 1.54) is 24.0 Å². The third-order valence-corrected chi connectivity index (χ3v) is 2.54. The summed E-state index contributed by atoms with van der Waals surface area (Å²) in [6.07, 6.45) is 4.60. The number of aryl methyl sites for hydroxylation is 2. The van der Waals surface area contributed by atoms with E-state index in [-0.39, 0.29) is 0 Å². The van der Waals surface area contributed by atoms with Crippen molar-refractivity contribution >= 4 is 0 Å². The number of pyridine rings is 1. The molecule has 100 valence electrons. The second-order valence-electron chi connectivity index (χ2n) is 3.46. The molecule has 1 aromatic rings. The summed E-state index contributed by atoms with van der Waals surface area (Å²) >= 11 is 0. The molecule has 0 fully saturated rings. The third kappa shape index (κ3) is 5.86. The number of hydrogen-bond acceptors (Lipinski definition) is 1. The van der Waals surface area contributed by atoms with Gasteiger partial charge in [-0.25, -0.2) is 0 Å². The van der Waals surface area contributed by atoms with Crippen LogP contribution in [0.4, 0.5) is 0 Å². The van der Waals surface area contributed by atoms with E-state index in [4.69, 9.17) is 0 Å². The third-order valence-electron chi connectivity index (χ3n) is 2.54. The van der Waals surface area contributed by atoms with Crippen molar-refractivity contribution in [3.05, 3.63) is 29.1 Å². The molecule has 2 rings (SSSR count). The van der Waals surface area contributed by atoms with Crippen LogP contribution in [-0.4, -0.2) is 4.98 Å². The van der Waals surface area contributed by atoms with Crippen molar-refractivity contribution < 1.29 is 0 Å². The Balaban J connectivity index is 0. The average Bonchev–Trinajstić information content (AvgIpc) is 2.78. The maximum Gasteiger partial charge on any atom is 0.0375 e. The summed E-state index contributed by atoms with van der Waals surface area (Å²) in [5.41, 5.74) is 4.14. The molecule has 0 spiro atoms. The zero-order chi connectivity index (χ0) is 13.8. The monoisotopic (exact) mass is 237 g/mol. The first-order chi connectivity index (χ1) is 8.27. The fraction of sp³-hybridized carbons (Fsp3) is 0.688. The lowest BCUT2D eigenvalue weighted by atomic mass is 10.1. The number of nitrogens with zero attached hydrogens (tertiary/aromatic N) is 1. The molecule has 0 aromatic carbocycles. The van der Waals surface area contributed by atoms with Gasteiger partial charge in [-0.05, 0) is 42.9 Å². The van der Waals surface area contributed by atoms with Crippen LogP contribution in [-0.2, 0) is 6.42 Å². The smallest absolute Gasteiger partial charge is 0.0375 e. The molecule has 0 radical (unpaired) electrons. The summed E-state index contributed by atoms with van der Waals surface area (Å²) in [5.74, 6) is 0.734. The Bertz CT molecular complexity index is 279. The van der Waals surface area contributed by atoms with E-state index in [0.29, 0.717) is 0 Å². The van der Waals surface area contributed by atoms with Crippen LogP contribution in [0.3, 0.4) is 0 Å². The van der Waals surface area contributed by atoms with Gasteiger partial charge in [0.15, 0.2) is 0 Å². The molecule has 1 nitrogen and oxygen atoms in total. The van der Waals surface area contributed by atoms with Crippen LogP contribution in [0.1, 0.15) is 77.6 Å². The highest BCUT2D eigenvalue weighted by Gasteiger charge is 2.18. The highest BCUT2D eigenvalue weighted by Crippen LogP contribution is 2.31. The molecule has 17 heavy (non-hydrogen) atoms. The fourth-order valence-corrected chi connectivity index (χ4v) is 1.81. The molecule has 1 aromatic heterocycles. The molecule has 0 N–H and O–H groups in total. The molecule has 0 bridgehead atoms. The molecule has 0 aliphatic heterocycles. The first kappa shape index (κ1) is 18.5. The minimum absolute atomic E-state index is 0.734. The minimum Gasteiger partial charge on any atom is -0.261 e. The van der Waals surface area contributed by atoms with Crippen LogP contribution in [0.2, 0.25) is 0 Å². The summed E-state index contributed by atoms with van der Waals surface area (Å²) < 4.78 is 0. The Morgan fingerprint density at radius 1 is 1.06 bits per heavy atom. The molecule has 1 aliphatic rings. The van der Waals surface area contributed by atoms with Crippen molar-refractivity contribution in [1.82, 2.24) is 4.98 Å². The van der Waals surface area contributed by atoms with Crippen LogP contribution >= 0.6 is 0 Å². The van der Waals surface area contributed by atoms with Crippen molar-refractivity contribution in [1.29, 1.82) is 0 Å². The van der Waals surface area contributed by atoms with E-state index in [2.05, 4.69) is 24.9 Å². The number of rotatable bonds is 0. The van der Waals surface area contributed by atoms with Gasteiger partial charge in [0, 0.05) is 11.9 Å². The Hall–Kier alpha value is -0.850. The molecule has 0 amide bonds. The predicted molar refractivity (Wildman–Crippen MR) is 79.8 cm³/mol. The summed E-state index contributed by atoms with van der Waals surface area (Å²) in [4.78, 5) is 4.30. The van der Waals surface area contributed by atoms with E-state index in [1.807, 2.05) is 47.7 Å². The lowest BCUT2D eigenvalue weighted by molar-refractivity contribution is 0.745. The lowest BCUT2D eigenvalue weighted by Crippen LogP contribution is -1.89. The minimum atomic E-state index is 0.734. The molecule has 1 heteroatoms. The van der Waals surface area contributed by atoms with Crippen LogP contribution in [0.25, 0.3) is 0 Å². The lowest BCUT2D eigenvalue weighted by Gasteiger charge is -2.02. The molecule has 1 unspecified atom stereocenters. The summed E-state index contributed by atoms with van der Waals surface area (Å²) in [5, 5.41) is 0. The van der Waals surface area contributed by atoms with E-state index < -0.39 is 0 Å². The maximum absolute atomic E-state index is 4.30. The number of fused-ring (bicyclic) bond motifs is 1. The highest BCUT2D eigenvalue weighted by atomic mass is 14.7. The van der Waals surface area contributed by atoms with E-state index >= 15 is 0 Å². The number of hydrogen-bond donors (Lipinski definition) is 0. The largest absolute Gasteiger partial charge is 0.261 e. The maximum atomic E-state index is 4.30. The average molecular weight is 237 g/mol. The second kappa shape index (κ2) is 11.6. The van der Waals surface area contributed by atoms with Crippen LogP contribution < -0.4 is 0 Å². The van der Waals surface area contributed by atoms with Gasteiger partial charge in [0.05, 0.1) is 0 Å². The normalized spacial score (nSPS) is 15.2. The van der Waals surface area contributed by atoms with Gasteiger partial charge in [-0.15, -0.1) is 0 Å². The molecular weight excluding hydrogens is 206 g/mol. The van der Waals surface area contributed by atoms with Crippen molar-refractivity contribution in [3.8, 4) is 0 Å². The van der Waals surface area contributed by atoms with E-state index in [1.54, 1.807) is 0 Å². The topological polar surface area (TPSA) is 12.9 Å². The van der Waals surface area contributed by atoms with Gasteiger partial charge in [-0.2, -0.15) is 0 Å².